The average Bonchev–Trinajstić information content (AvgIpc) is 2.33. The van der Waals surface area contributed by atoms with E-state index in [9.17, 15) is 16.8 Å². The van der Waals surface area contributed by atoms with E-state index in [1.54, 1.807) is 0 Å². The third-order valence-corrected chi connectivity index (χ3v) is 5.66. The fourth-order valence-corrected chi connectivity index (χ4v) is 4.43. The van der Waals surface area contributed by atoms with Gasteiger partial charge in [-0.05, 0) is 49.4 Å². The van der Waals surface area contributed by atoms with Crippen molar-refractivity contribution >= 4 is 20.2 Å². The molecular weight excluding hydrogens is 304 g/mol. The first-order chi connectivity index (χ1) is 9.16. The molecule has 0 radical (unpaired) electrons. The minimum absolute atomic E-state index is 0.0685. The summed E-state index contributed by atoms with van der Waals surface area (Å²) in [6, 6.07) is 0. The molecule has 0 aromatic carbocycles. The summed E-state index contributed by atoms with van der Waals surface area (Å²) in [5, 5.41) is 0. The van der Waals surface area contributed by atoms with Gasteiger partial charge in [-0.3, -0.25) is 8.37 Å². The van der Waals surface area contributed by atoms with Crippen molar-refractivity contribution in [2.45, 2.75) is 25.7 Å². The van der Waals surface area contributed by atoms with Gasteiger partial charge in [0, 0.05) is 0 Å². The first-order valence-corrected chi connectivity index (χ1v) is 10.5. The summed E-state index contributed by atoms with van der Waals surface area (Å²) in [6.45, 7) is 0.273. The van der Waals surface area contributed by atoms with Gasteiger partial charge in [0.1, 0.15) is 0 Å². The van der Waals surface area contributed by atoms with Gasteiger partial charge >= 0.3 is 0 Å². The molecule has 0 aromatic rings. The standard InChI is InChI=1S/C12H22O6S2/c1-19(13,14)17-7-11-9-3-5-10(6-4-9)12(11)8-18-20(2,15)16/h9-12H,3-8H2,1-2H3/t9?,10?,11-,12-/m0/s1. The van der Waals surface area contributed by atoms with Crippen molar-refractivity contribution in [2.24, 2.45) is 23.7 Å². The molecule has 3 aliphatic rings. The predicted octanol–water partition coefficient (Wildman–Crippen LogP) is 0.991. The highest BCUT2D eigenvalue weighted by molar-refractivity contribution is 7.86. The Labute approximate surface area is 121 Å². The van der Waals surface area contributed by atoms with E-state index in [0.717, 1.165) is 38.2 Å². The van der Waals surface area contributed by atoms with Crippen molar-refractivity contribution in [2.75, 3.05) is 25.7 Å². The van der Waals surface area contributed by atoms with E-state index >= 15 is 0 Å². The molecule has 118 valence electrons. The van der Waals surface area contributed by atoms with Gasteiger partial charge in [0.05, 0.1) is 25.7 Å². The van der Waals surface area contributed by atoms with Crippen LogP contribution in [0.25, 0.3) is 0 Å². The zero-order valence-electron chi connectivity index (χ0n) is 11.8. The lowest BCUT2D eigenvalue weighted by molar-refractivity contribution is -0.0226. The normalized spacial score (nSPS) is 34.3. The molecule has 0 amide bonds. The van der Waals surface area contributed by atoms with Gasteiger partial charge < -0.3 is 0 Å². The molecule has 0 aliphatic heterocycles. The van der Waals surface area contributed by atoms with Crippen LogP contribution >= 0.6 is 0 Å². The number of fused-ring (bicyclic) bond motifs is 3. The molecule has 3 rings (SSSR count). The summed E-state index contributed by atoms with van der Waals surface area (Å²) in [7, 11) is -6.93. The van der Waals surface area contributed by atoms with E-state index in [1.807, 2.05) is 0 Å². The first-order valence-electron chi connectivity index (χ1n) is 6.84. The zero-order chi connectivity index (χ0) is 15.0. The van der Waals surface area contributed by atoms with E-state index in [-0.39, 0.29) is 25.0 Å². The van der Waals surface area contributed by atoms with E-state index in [1.165, 1.54) is 0 Å². The van der Waals surface area contributed by atoms with Crippen LogP contribution in [0.15, 0.2) is 0 Å². The maximum absolute atomic E-state index is 11.2. The second kappa shape index (κ2) is 5.90. The highest BCUT2D eigenvalue weighted by Gasteiger charge is 2.44. The lowest BCUT2D eigenvalue weighted by atomic mass is 9.59. The molecular formula is C12H22O6S2. The average molecular weight is 326 g/mol. The van der Waals surface area contributed by atoms with E-state index < -0.39 is 20.2 Å². The second-order valence-electron chi connectivity index (χ2n) is 5.98. The molecule has 0 saturated heterocycles. The summed E-state index contributed by atoms with van der Waals surface area (Å²) in [5.41, 5.74) is 0. The minimum atomic E-state index is -3.47. The summed E-state index contributed by atoms with van der Waals surface area (Å²) in [4.78, 5) is 0. The third-order valence-electron chi connectivity index (χ3n) is 4.53. The van der Waals surface area contributed by atoms with Gasteiger partial charge in [-0.25, -0.2) is 0 Å². The Bertz CT molecular complexity index is 480. The van der Waals surface area contributed by atoms with Crippen molar-refractivity contribution in [1.29, 1.82) is 0 Å². The molecule has 6 nitrogen and oxygen atoms in total. The number of rotatable bonds is 6. The van der Waals surface area contributed by atoms with Gasteiger partial charge in [0.25, 0.3) is 20.2 Å². The van der Waals surface area contributed by atoms with Crippen LogP contribution in [0.1, 0.15) is 25.7 Å². The molecule has 0 heterocycles. The quantitative estimate of drug-likeness (QED) is 0.677. The maximum atomic E-state index is 11.2. The summed E-state index contributed by atoms with van der Waals surface area (Å²) < 4.78 is 54.5. The molecule has 2 bridgehead atoms. The van der Waals surface area contributed by atoms with Crippen molar-refractivity contribution in [1.82, 2.24) is 0 Å². The molecule has 0 N–H and O–H groups in total. The largest absolute Gasteiger partial charge is 0.270 e. The van der Waals surface area contributed by atoms with Gasteiger partial charge in [-0.2, -0.15) is 16.8 Å². The Balaban J connectivity index is 2.04. The predicted molar refractivity (Wildman–Crippen MR) is 74.0 cm³/mol. The zero-order valence-corrected chi connectivity index (χ0v) is 13.5. The van der Waals surface area contributed by atoms with E-state index in [2.05, 4.69) is 0 Å². The highest BCUT2D eigenvalue weighted by atomic mass is 32.2. The van der Waals surface area contributed by atoms with Crippen molar-refractivity contribution < 1.29 is 25.2 Å². The Morgan fingerprint density at radius 2 is 1.05 bits per heavy atom. The molecule has 0 unspecified atom stereocenters. The maximum Gasteiger partial charge on any atom is 0.264 e. The number of hydrogen-bond acceptors (Lipinski definition) is 6. The van der Waals surface area contributed by atoms with Crippen LogP contribution in [-0.2, 0) is 28.6 Å². The van der Waals surface area contributed by atoms with Crippen LogP contribution in [-0.4, -0.2) is 42.6 Å². The highest BCUT2D eigenvalue weighted by Crippen LogP contribution is 2.49. The van der Waals surface area contributed by atoms with Gasteiger partial charge in [0.15, 0.2) is 0 Å². The Morgan fingerprint density at radius 3 is 1.30 bits per heavy atom. The topological polar surface area (TPSA) is 86.7 Å². The molecule has 3 aliphatic carbocycles. The molecule has 3 fully saturated rings. The Kier molecular flexibility index (Phi) is 4.78. The fourth-order valence-electron chi connectivity index (χ4n) is 3.62. The number of hydrogen-bond donors (Lipinski definition) is 0. The molecule has 2 atom stereocenters. The lowest BCUT2D eigenvalue weighted by Gasteiger charge is -2.48. The Morgan fingerprint density at radius 1 is 0.750 bits per heavy atom. The fraction of sp³-hybridized carbons (Fsp3) is 1.00. The molecule has 0 aromatic heterocycles. The van der Waals surface area contributed by atoms with Crippen LogP contribution in [0.4, 0.5) is 0 Å². The van der Waals surface area contributed by atoms with E-state index in [0.29, 0.717) is 11.8 Å². The smallest absolute Gasteiger partial charge is 0.264 e. The molecule has 3 saturated carbocycles. The Hall–Kier alpha value is -0.180. The van der Waals surface area contributed by atoms with Crippen LogP contribution in [0.2, 0.25) is 0 Å². The molecule has 8 heteroatoms. The lowest BCUT2D eigenvalue weighted by Crippen LogP contribution is -2.44. The van der Waals surface area contributed by atoms with Crippen LogP contribution < -0.4 is 0 Å². The minimum Gasteiger partial charge on any atom is -0.270 e. The van der Waals surface area contributed by atoms with Gasteiger partial charge in [0.2, 0.25) is 0 Å². The second-order valence-corrected chi connectivity index (χ2v) is 9.27. The van der Waals surface area contributed by atoms with Crippen molar-refractivity contribution in [3.63, 3.8) is 0 Å². The van der Waals surface area contributed by atoms with Gasteiger partial charge in [-0.1, -0.05) is 0 Å². The van der Waals surface area contributed by atoms with E-state index in [4.69, 9.17) is 8.37 Å². The summed E-state index contributed by atoms with van der Waals surface area (Å²) >= 11 is 0. The molecule has 0 spiro atoms. The molecule has 20 heavy (non-hydrogen) atoms. The monoisotopic (exact) mass is 326 g/mol. The first kappa shape index (κ1) is 16.2. The summed E-state index contributed by atoms with van der Waals surface area (Å²) in [6.07, 6.45) is 6.34. The SMILES string of the molecule is CS(=O)(=O)OC[C@H]1C2CCC(CC2)[C@@H]1COS(C)(=O)=O. The van der Waals surface area contributed by atoms with Crippen molar-refractivity contribution in [3.05, 3.63) is 0 Å². The van der Waals surface area contributed by atoms with Crippen LogP contribution in [0.5, 0.6) is 0 Å². The van der Waals surface area contributed by atoms with Crippen molar-refractivity contribution in [3.8, 4) is 0 Å². The summed E-state index contributed by atoms with van der Waals surface area (Å²) in [5.74, 6) is 0.961. The third kappa shape index (κ3) is 4.41. The van der Waals surface area contributed by atoms with Crippen LogP contribution in [0, 0.1) is 23.7 Å². The van der Waals surface area contributed by atoms with Crippen LogP contribution in [0.3, 0.4) is 0 Å². The van der Waals surface area contributed by atoms with Gasteiger partial charge in [-0.15, -0.1) is 0 Å².